The number of phenolic OH excluding ortho intramolecular Hbond substituents is 2. The Labute approximate surface area is 213 Å². The van der Waals surface area contributed by atoms with Crippen molar-refractivity contribution >= 4 is 11.8 Å². The predicted octanol–water partition coefficient (Wildman–Crippen LogP) is 6.69. The highest BCUT2D eigenvalue weighted by Crippen LogP contribution is 2.38. The maximum Gasteiger partial charge on any atom is 0.316 e. The average molecular weight is 489 g/mol. The van der Waals surface area contributed by atoms with Gasteiger partial charge in [0, 0.05) is 11.8 Å². The first-order chi connectivity index (χ1) is 17.3. The van der Waals surface area contributed by atoms with Crippen LogP contribution in [0.1, 0.15) is 69.1 Å². The van der Waals surface area contributed by atoms with Crippen LogP contribution >= 0.6 is 0 Å². The van der Waals surface area contributed by atoms with Crippen molar-refractivity contribution in [2.24, 2.45) is 5.92 Å². The molecule has 0 fully saturated rings. The molecule has 0 saturated carbocycles. The van der Waals surface area contributed by atoms with Crippen molar-refractivity contribution < 1.29 is 24.5 Å². The molecule has 0 bridgehead atoms. The van der Waals surface area contributed by atoms with Gasteiger partial charge in [0.15, 0.2) is 0 Å². The highest BCUT2D eigenvalue weighted by molar-refractivity contribution is 5.98. The molecule has 0 aromatic heterocycles. The summed E-state index contributed by atoms with van der Waals surface area (Å²) >= 11 is 0. The van der Waals surface area contributed by atoms with E-state index in [1.54, 1.807) is 24.3 Å². The number of esters is 1. The fourth-order valence-corrected chi connectivity index (χ4v) is 4.55. The number of aromatic hydroxyl groups is 2. The Balaban J connectivity index is 1.69. The van der Waals surface area contributed by atoms with E-state index < -0.39 is 17.3 Å². The van der Waals surface area contributed by atoms with E-state index in [1.165, 1.54) is 0 Å². The van der Waals surface area contributed by atoms with Crippen molar-refractivity contribution in [2.45, 2.75) is 64.4 Å². The number of phenols is 2. The molecule has 36 heavy (non-hydrogen) atoms. The van der Waals surface area contributed by atoms with Crippen molar-refractivity contribution in [1.82, 2.24) is 0 Å². The number of ether oxygens (including phenoxy) is 1. The molecule has 190 valence electrons. The Morgan fingerprint density at radius 1 is 0.833 bits per heavy atom. The molecule has 3 rings (SSSR count). The van der Waals surface area contributed by atoms with Crippen molar-refractivity contribution in [3.8, 4) is 11.5 Å². The second kappa shape index (κ2) is 12.9. The molecule has 3 aromatic carbocycles. The van der Waals surface area contributed by atoms with Crippen LogP contribution in [0.3, 0.4) is 0 Å². The summed E-state index contributed by atoms with van der Waals surface area (Å²) in [5.74, 6) is -0.899. The molecule has 0 amide bonds. The van der Waals surface area contributed by atoms with Crippen molar-refractivity contribution in [3.05, 3.63) is 95.6 Å². The van der Waals surface area contributed by atoms with Gasteiger partial charge in [0.2, 0.25) is 0 Å². The molecule has 0 saturated heterocycles. The number of ketones is 1. The zero-order valence-electron chi connectivity index (χ0n) is 21.2. The fourth-order valence-electron chi connectivity index (χ4n) is 4.55. The predicted molar refractivity (Wildman–Crippen MR) is 141 cm³/mol. The third-order valence-electron chi connectivity index (χ3n) is 6.85. The van der Waals surface area contributed by atoms with Gasteiger partial charge in [-0.15, -0.1) is 0 Å². The molecule has 0 radical (unpaired) electrons. The monoisotopic (exact) mass is 488 g/mol. The molecule has 0 aliphatic rings. The maximum atomic E-state index is 13.2. The summed E-state index contributed by atoms with van der Waals surface area (Å²) in [6.45, 7) is 4.30. The summed E-state index contributed by atoms with van der Waals surface area (Å²) in [7, 11) is 0. The van der Waals surface area contributed by atoms with Gasteiger partial charge in [0.05, 0.1) is 0 Å². The van der Waals surface area contributed by atoms with Crippen molar-refractivity contribution in [3.63, 3.8) is 0 Å². The lowest BCUT2D eigenvalue weighted by Crippen LogP contribution is -2.28. The number of benzene rings is 3. The molecule has 5 nitrogen and oxygen atoms in total. The minimum absolute atomic E-state index is 0.0831. The topological polar surface area (TPSA) is 83.8 Å². The van der Waals surface area contributed by atoms with Crippen molar-refractivity contribution in [2.75, 3.05) is 0 Å². The molecule has 1 atom stereocenters. The van der Waals surface area contributed by atoms with Crippen LogP contribution in [0.5, 0.6) is 11.5 Å². The normalized spacial score (nSPS) is 12.2. The lowest BCUT2D eigenvalue weighted by Gasteiger charge is -2.31. The van der Waals surface area contributed by atoms with E-state index in [1.807, 2.05) is 61.5 Å². The van der Waals surface area contributed by atoms with Crippen LogP contribution in [-0.2, 0) is 26.3 Å². The largest absolute Gasteiger partial charge is 0.508 e. The first-order valence-corrected chi connectivity index (χ1v) is 12.7. The Morgan fingerprint density at radius 3 is 1.92 bits per heavy atom. The molecule has 5 heteroatoms. The highest BCUT2D eigenvalue weighted by Gasteiger charge is 2.31. The molecular weight excluding hydrogens is 452 g/mol. The fraction of sp³-hybridized carbons (Fsp3) is 0.355. The summed E-state index contributed by atoms with van der Waals surface area (Å²) in [6, 6.07) is 23.6. The number of unbranched alkanes of at least 4 members (excludes halogenated alkanes) is 1. The first-order valence-electron chi connectivity index (χ1n) is 12.7. The molecule has 0 aliphatic heterocycles. The maximum absolute atomic E-state index is 13.2. The van der Waals surface area contributed by atoms with Gasteiger partial charge in [-0.1, -0.05) is 81.3 Å². The zero-order valence-corrected chi connectivity index (χ0v) is 21.2. The van der Waals surface area contributed by atoms with Crippen LogP contribution in [-0.4, -0.2) is 22.0 Å². The number of rotatable bonds is 13. The summed E-state index contributed by atoms with van der Waals surface area (Å²) in [6.07, 6.45) is 3.71. The van der Waals surface area contributed by atoms with Gasteiger partial charge in [-0.05, 0) is 60.2 Å². The van der Waals surface area contributed by atoms with E-state index in [0.29, 0.717) is 19.3 Å². The van der Waals surface area contributed by atoms with Gasteiger partial charge in [0.1, 0.15) is 29.8 Å². The van der Waals surface area contributed by atoms with Crippen LogP contribution in [0.4, 0.5) is 0 Å². The molecule has 0 aliphatic carbocycles. The second-order valence-corrected chi connectivity index (χ2v) is 9.53. The lowest BCUT2D eigenvalue weighted by molar-refractivity contribution is -0.153. The third kappa shape index (κ3) is 7.20. The van der Waals surface area contributed by atoms with Gasteiger partial charge in [-0.25, -0.2) is 0 Å². The summed E-state index contributed by atoms with van der Waals surface area (Å²) < 4.78 is 5.51. The Kier molecular flexibility index (Phi) is 9.69. The van der Waals surface area contributed by atoms with E-state index in [-0.39, 0.29) is 30.3 Å². The quantitative estimate of drug-likeness (QED) is 0.207. The van der Waals surface area contributed by atoms with Crippen LogP contribution < -0.4 is 0 Å². The molecule has 1 unspecified atom stereocenters. The first kappa shape index (κ1) is 27.0. The lowest BCUT2D eigenvalue weighted by atomic mass is 9.72. The van der Waals surface area contributed by atoms with Crippen LogP contribution in [0, 0.1) is 5.92 Å². The van der Waals surface area contributed by atoms with Gasteiger partial charge in [-0.2, -0.15) is 0 Å². The Bertz CT molecular complexity index is 1060. The molecule has 0 heterocycles. The highest BCUT2D eigenvalue weighted by atomic mass is 16.5. The molecule has 3 aromatic rings. The minimum Gasteiger partial charge on any atom is -0.508 e. The summed E-state index contributed by atoms with van der Waals surface area (Å²) in [5, 5.41) is 19.5. The van der Waals surface area contributed by atoms with E-state index in [4.69, 9.17) is 4.74 Å². The van der Waals surface area contributed by atoms with Gasteiger partial charge in [0.25, 0.3) is 0 Å². The standard InChI is InChI=1S/C31H36O5/c1-3-4-11-28(30(35)36-22-23-9-6-5-7-10-23)29(34)12-8-21-31(2,24-13-17-26(32)18-14-24)25-15-19-27(33)20-16-25/h5-7,9-10,13-20,28,32-33H,3-4,8,11-12,21-22H2,1-2H3. The van der Waals surface area contributed by atoms with Gasteiger partial charge >= 0.3 is 5.97 Å². The molecule has 0 spiro atoms. The number of hydrogen-bond donors (Lipinski definition) is 2. The zero-order chi connectivity index (χ0) is 26.0. The number of Topliss-reactive ketones (excluding diaryl/α,β-unsaturated/α-hetero) is 1. The summed E-state index contributed by atoms with van der Waals surface area (Å²) in [5.41, 5.74) is 2.46. The SMILES string of the molecule is CCCCC(C(=O)CCCC(C)(c1ccc(O)cc1)c1ccc(O)cc1)C(=O)OCc1ccccc1. The van der Waals surface area contributed by atoms with Gasteiger partial charge < -0.3 is 14.9 Å². The van der Waals surface area contributed by atoms with E-state index in [9.17, 15) is 19.8 Å². The average Bonchev–Trinajstić information content (AvgIpc) is 2.89. The Morgan fingerprint density at radius 2 is 1.39 bits per heavy atom. The van der Waals surface area contributed by atoms with Crippen LogP contribution in [0.25, 0.3) is 0 Å². The number of carbonyl (C=O) groups excluding carboxylic acids is 2. The van der Waals surface area contributed by atoms with Crippen molar-refractivity contribution in [1.29, 1.82) is 0 Å². The molecule has 2 N–H and O–H groups in total. The second-order valence-electron chi connectivity index (χ2n) is 9.53. The Hall–Kier alpha value is -3.60. The summed E-state index contributed by atoms with van der Waals surface area (Å²) in [4.78, 5) is 26.0. The molecular formula is C31H36O5. The minimum atomic E-state index is -0.748. The smallest absolute Gasteiger partial charge is 0.316 e. The third-order valence-corrected chi connectivity index (χ3v) is 6.85. The number of hydrogen-bond acceptors (Lipinski definition) is 5. The van der Waals surface area contributed by atoms with Gasteiger partial charge in [-0.3, -0.25) is 9.59 Å². The number of carbonyl (C=O) groups is 2. The van der Waals surface area contributed by atoms with Crippen LogP contribution in [0.15, 0.2) is 78.9 Å². The van der Waals surface area contributed by atoms with E-state index in [2.05, 4.69) is 6.92 Å². The van der Waals surface area contributed by atoms with E-state index in [0.717, 1.165) is 29.5 Å². The van der Waals surface area contributed by atoms with E-state index >= 15 is 0 Å². The van der Waals surface area contributed by atoms with Crippen LogP contribution in [0.2, 0.25) is 0 Å².